The van der Waals surface area contributed by atoms with Gasteiger partial charge in [0.1, 0.15) is 5.69 Å². The van der Waals surface area contributed by atoms with E-state index in [-0.39, 0.29) is 5.56 Å². The molecule has 0 amide bonds. The van der Waals surface area contributed by atoms with Crippen LogP contribution in [-0.4, -0.2) is 9.36 Å². The van der Waals surface area contributed by atoms with E-state index < -0.39 is 0 Å². The van der Waals surface area contributed by atoms with Crippen LogP contribution in [0, 0.1) is 0 Å². The largest absolute Gasteiger partial charge is 0.393 e. The van der Waals surface area contributed by atoms with Gasteiger partial charge in [-0.15, -0.1) is 0 Å². The fourth-order valence-electron chi connectivity index (χ4n) is 4.24. The monoisotopic (exact) mass is 277 g/mol. The molecule has 1 aromatic rings. The first-order valence-corrected chi connectivity index (χ1v) is 8.34. The molecule has 3 rings (SSSR count). The summed E-state index contributed by atoms with van der Waals surface area (Å²) in [6.07, 6.45) is 11.0. The van der Waals surface area contributed by atoms with Crippen molar-refractivity contribution in [2.75, 3.05) is 5.73 Å². The van der Waals surface area contributed by atoms with E-state index in [0.717, 1.165) is 25.1 Å². The predicted molar refractivity (Wildman–Crippen MR) is 82.1 cm³/mol. The highest BCUT2D eigenvalue weighted by Crippen LogP contribution is 2.37. The average molecular weight is 277 g/mol. The third kappa shape index (κ3) is 2.19. The minimum absolute atomic E-state index is 0.0700. The van der Waals surface area contributed by atoms with Crippen molar-refractivity contribution in [3.8, 4) is 0 Å². The van der Waals surface area contributed by atoms with E-state index in [1.165, 1.54) is 44.9 Å². The van der Waals surface area contributed by atoms with E-state index in [2.05, 4.69) is 11.6 Å². The SMILES string of the molecule is CCn1c(C2CCCC2)c(N)c(=O)n1C1CCCCC1. The van der Waals surface area contributed by atoms with E-state index in [4.69, 9.17) is 5.73 Å². The average Bonchev–Trinajstić information content (AvgIpc) is 3.08. The van der Waals surface area contributed by atoms with E-state index in [1.54, 1.807) is 0 Å². The molecule has 2 fully saturated rings. The molecule has 0 aliphatic heterocycles. The number of nitrogens with two attached hydrogens (primary N) is 1. The molecule has 0 atom stereocenters. The minimum atomic E-state index is 0.0700. The lowest BCUT2D eigenvalue weighted by molar-refractivity contribution is 0.279. The molecule has 2 N–H and O–H groups in total. The molecule has 112 valence electrons. The summed E-state index contributed by atoms with van der Waals surface area (Å²) in [5.41, 5.74) is 7.95. The van der Waals surface area contributed by atoms with Crippen molar-refractivity contribution in [2.45, 2.75) is 83.2 Å². The van der Waals surface area contributed by atoms with Gasteiger partial charge in [-0.2, -0.15) is 0 Å². The van der Waals surface area contributed by atoms with Crippen LogP contribution in [0.2, 0.25) is 0 Å². The van der Waals surface area contributed by atoms with Crippen LogP contribution in [-0.2, 0) is 6.54 Å². The zero-order chi connectivity index (χ0) is 14.1. The Kier molecular flexibility index (Phi) is 3.90. The zero-order valence-corrected chi connectivity index (χ0v) is 12.6. The van der Waals surface area contributed by atoms with Gasteiger partial charge in [0.25, 0.3) is 5.56 Å². The number of aromatic nitrogens is 2. The second kappa shape index (κ2) is 5.66. The van der Waals surface area contributed by atoms with Crippen LogP contribution < -0.4 is 11.3 Å². The highest BCUT2D eigenvalue weighted by atomic mass is 16.1. The maximum Gasteiger partial charge on any atom is 0.290 e. The molecule has 0 unspecified atom stereocenters. The molecule has 4 nitrogen and oxygen atoms in total. The molecule has 0 aromatic carbocycles. The van der Waals surface area contributed by atoms with Crippen molar-refractivity contribution in [1.82, 2.24) is 9.36 Å². The summed E-state index contributed by atoms with van der Waals surface area (Å²) in [6.45, 7) is 2.99. The molecular weight excluding hydrogens is 250 g/mol. The van der Waals surface area contributed by atoms with Crippen molar-refractivity contribution < 1.29 is 0 Å². The molecule has 2 saturated carbocycles. The molecule has 1 heterocycles. The van der Waals surface area contributed by atoms with Crippen LogP contribution in [0.3, 0.4) is 0 Å². The van der Waals surface area contributed by atoms with Crippen molar-refractivity contribution in [2.24, 2.45) is 0 Å². The van der Waals surface area contributed by atoms with E-state index in [9.17, 15) is 4.79 Å². The number of anilines is 1. The Hall–Kier alpha value is -1.19. The Bertz CT molecular complexity index is 517. The fourth-order valence-corrected chi connectivity index (χ4v) is 4.24. The molecular formula is C16H27N3O. The normalized spacial score (nSPS) is 21.6. The van der Waals surface area contributed by atoms with Crippen LogP contribution in [0.5, 0.6) is 0 Å². The maximum absolute atomic E-state index is 12.6. The second-order valence-electron chi connectivity index (χ2n) is 6.44. The Labute approximate surface area is 120 Å². The molecule has 0 spiro atoms. The van der Waals surface area contributed by atoms with Gasteiger partial charge in [-0.25, -0.2) is 4.68 Å². The molecule has 0 radical (unpaired) electrons. The Balaban J connectivity index is 2.04. The molecule has 2 aliphatic carbocycles. The highest BCUT2D eigenvalue weighted by Gasteiger charge is 2.29. The Morgan fingerprint density at radius 1 is 1.05 bits per heavy atom. The molecule has 0 bridgehead atoms. The van der Waals surface area contributed by atoms with E-state index in [1.807, 2.05) is 4.68 Å². The van der Waals surface area contributed by atoms with Crippen molar-refractivity contribution in [1.29, 1.82) is 0 Å². The van der Waals surface area contributed by atoms with Crippen molar-refractivity contribution >= 4 is 5.69 Å². The van der Waals surface area contributed by atoms with Gasteiger partial charge in [0.05, 0.1) is 11.7 Å². The molecule has 0 saturated heterocycles. The van der Waals surface area contributed by atoms with E-state index >= 15 is 0 Å². The van der Waals surface area contributed by atoms with Gasteiger partial charge in [-0.05, 0) is 32.6 Å². The summed E-state index contributed by atoms with van der Waals surface area (Å²) in [6, 6.07) is 0.369. The first-order chi connectivity index (χ1) is 9.74. The van der Waals surface area contributed by atoms with Crippen LogP contribution in [0.1, 0.15) is 82.4 Å². The lowest BCUT2D eigenvalue weighted by Gasteiger charge is -2.26. The first-order valence-electron chi connectivity index (χ1n) is 8.34. The quantitative estimate of drug-likeness (QED) is 0.920. The van der Waals surface area contributed by atoms with Gasteiger partial charge < -0.3 is 5.73 Å². The topological polar surface area (TPSA) is 52.9 Å². The predicted octanol–water partition coefficient (Wildman–Crippen LogP) is 3.41. The van der Waals surface area contributed by atoms with Gasteiger partial charge in [-0.1, -0.05) is 32.1 Å². The second-order valence-corrected chi connectivity index (χ2v) is 6.44. The van der Waals surface area contributed by atoms with Crippen LogP contribution in [0.15, 0.2) is 4.79 Å². The molecule has 20 heavy (non-hydrogen) atoms. The maximum atomic E-state index is 12.6. The molecule has 4 heteroatoms. The van der Waals surface area contributed by atoms with Gasteiger partial charge >= 0.3 is 0 Å². The standard InChI is InChI=1S/C16H27N3O/c1-2-18-15(12-8-6-7-9-12)14(17)16(20)19(18)13-10-4-3-5-11-13/h12-13H,2-11,17H2,1H3. The summed E-state index contributed by atoms with van der Waals surface area (Å²) in [4.78, 5) is 12.6. The number of rotatable bonds is 3. The first kappa shape index (κ1) is 13.8. The Morgan fingerprint density at radius 3 is 2.25 bits per heavy atom. The van der Waals surface area contributed by atoms with Gasteiger partial charge in [-0.3, -0.25) is 9.48 Å². The number of nitrogens with zero attached hydrogens (tertiary/aromatic N) is 2. The van der Waals surface area contributed by atoms with Crippen LogP contribution in [0.25, 0.3) is 0 Å². The van der Waals surface area contributed by atoms with Crippen LogP contribution >= 0.6 is 0 Å². The summed E-state index contributed by atoms with van der Waals surface area (Å²) < 4.78 is 4.21. The third-order valence-corrected chi connectivity index (χ3v) is 5.21. The van der Waals surface area contributed by atoms with Crippen molar-refractivity contribution in [3.63, 3.8) is 0 Å². The van der Waals surface area contributed by atoms with Gasteiger partial charge in [0, 0.05) is 12.5 Å². The van der Waals surface area contributed by atoms with Crippen molar-refractivity contribution in [3.05, 3.63) is 16.0 Å². The third-order valence-electron chi connectivity index (χ3n) is 5.21. The summed E-state index contributed by atoms with van der Waals surface area (Å²) in [5.74, 6) is 0.507. The fraction of sp³-hybridized carbons (Fsp3) is 0.812. The van der Waals surface area contributed by atoms with E-state index in [0.29, 0.717) is 17.6 Å². The summed E-state index contributed by atoms with van der Waals surface area (Å²) in [7, 11) is 0. The summed E-state index contributed by atoms with van der Waals surface area (Å²) >= 11 is 0. The molecule has 2 aliphatic rings. The summed E-state index contributed by atoms with van der Waals surface area (Å²) in [5, 5.41) is 0. The molecule has 1 aromatic heterocycles. The smallest absolute Gasteiger partial charge is 0.290 e. The van der Waals surface area contributed by atoms with Crippen LogP contribution in [0.4, 0.5) is 5.69 Å². The van der Waals surface area contributed by atoms with Gasteiger partial charge in [0.15, 0.2) is 0 Å². The lowest BCUT2D eigenvalue weighted by Crippen LogP contribution is -2.29. The number of hydrogen-bond donors (Lipinski definition) is 1. The minimum Gasteiger partial charge on any atom is -0.393 e. The highest BCUT2D eigenvalue weighted by molar-refractivity contribution is 5.44. The number of hydrogen-bond acceptors (Lipinski definition) is 2. The van der Waals surface area contributed by atoms with Gasteiger partial charge in [0.2, 0.25) is 0 Å². The zero-order valence-electron chi connectivity index (χ0n) is 12.6. The lowest BCUT2D eigenvalue weighted by atomic mass is 9.96. The Morgan fingerprint density at radius 2 is 1.65 bits per heavy atom. The number of nitrogen functional groups attached to an aromatic ring is 1.